The molecule has 4 aromatic carbocycles. The zero-order chi connectivity index (χ0) is 39.2. The Morgan fingerprint density at radius 3 is 2.57 bits per heavy atom. The molecule has 56 heavy (non-hydrogen) atoms. The average Bonchev–Trinajstić information content (AvgIpc) is 3.94. The van der Waals surface area contributed by atoms with E-state index in [1.54, 1.807) is 22.7 Å². The minimum absolute atomic E-state index is 0.112. The van der Waals surface area contributed by atoms with E-state index in [9.17, 15) is 14.7 Å². The fourth-order valence-electron chi connectivity index (χ4n) is 8.88. The SMILES string of the molecule is C[C@H]1[C@H]([Si](C)(C)F)[C@@H](CCn2cc(C(CO)c3ccccc3)nn2)O[C@]12C(=O)N(Cc1ccc(NC(=O)Cc3c[nH]c4ccccc34)cc1)c1ccc(Br)cc12. The number of hydrogen-bond acceptors (Lipinski definition) is 6. The minimum Gasteiger partial charge on any atom is -0.395 e. The number of rotatable bonds is 12. The molecule has 0 saturated carbocycles. The number of carbonyl (C=O) groups excluding carboxylic acids is 2. The lowest BCUT2D eigenvalue weighted by molar-refractivity contribution is -0.146. The summed E-state index contributed by atoms with van der Waals surface area (Å²) >= 11 is 3.62. The second-order valence-electron chi connectivity index (χ2n) is 15.4. The number of aryl methyl sites for hydroxylation is 1. The molecular formula is C43H44BrFN6O4Si. The quantitative estimate of drug-likeness (QED) is 0.0843. The van der Waals surface area contributed by atoms with Crippen LogP contribution in [0.3, 0.4) is 0 Å². The number of carbonyl (C=O) groups is 2. The van der Waals surface area contributed by atoms with Gasteiger partial charge in [-0.1, -0.05) is 88.7 Å². The van der Waals surface area contributed by atoms with Crippen LogP contribution in [0.15, 0.2) is 114 Å². The molecule has 6 aromatic rings. The number of H-pyrrole nitrogens is 1. The minimum atomic E-state index is -3.38. The highest BCUT2D eigenvalue weighted by Crippen LogP contribution is 2.60. The predicted octanol–water partition coefficient (Wildman–Crippen LogP) is 8.24. The highest BCUT2D eigenvalue weighted by Gasteiger charge is 2.66. The van der Waals surface area contributed by atoms with Crippen molar-refractivity contribution in [1.29, 1.82) is 0 Å². The van der Waals surface area contributed by atoms with Gasteiger partial charge in [0.2, 0.25) is 14.3 Å². The number of aliphatic hydroxyl groups is 1. The Morgan fingerprint density at radius 1 is 1.07 bits per heavy atom. The number of ether oxygens (including phenoxy) is 1. The van der Waals surface area contributed by atoms with Crippen LogP contribution in [0.25, 0.3) is 10.9 Å². The summed E-state index contributed by atoms with van der Waals surface area (Å²) < 4.78 is 25.9. The van der Waals surface area contributed by atoms with Crippen molar-refractivity contribution in [2.75, 3.05) is 16.8 Å². The molecule has 2 aromatic heterocycles. The Kier molecular flexibility index (Phi) is 10.3. The Hall–Kier alpha value is -4.95. The second kappa shape index (κ2) is 15.2. The number of benzene rings is 4. The van der Waals surface area contributed by atoms with Gasteiger partial charge in [-0.25, -0.2) is 0 Å². The zero-order valence-electron chi connectivity index (χ0n) is 31.5. The number of nitrogens with zero attached hydrogens (tertiary/aromatic N) is 4. The first-order chi connectivity index (χ1) is 27.0. The number of aliphatic hydroxyl groups excluding tert-OH is 1. The van der Waals surface area contributed by atoms with E-state index >= 15 is 4.11 Å². The third-order valence-corrected chi connectivity index (χ3v) is 14.4. The van der Waals surface area contributed by atoms with Crippen LogP contribution in [0.5, 0.6) is 0 Å². The summed E-state index contributed by atoms with van der Waals surface area (Å²) in [6.07, 6.45) is 3.81. The smallest absolute Gasteiger partial charge is 0.264 e. The molecule has 4 heterocycles. The number of hydrogen-bond donors (Lipinski definition) is 3. The lowest BCUT2D eigenvalue weighted by atomic mass is 9.82. The van der Waals surface area contributed by atoms with Gasteiger partial charge in [-0.3, -0.25) is 14.3 Å². The van der Waals surface area contributed by atoms with Crippen LogP contribution >= 0.6 is 15.9 Å². The van der Waals surface area contributed by atoms with E-state index in [1.165, 1.54) is 0 Å². The van der Waals surface area contributed by atoms with Gasteiger partial charge in [0, 0.05) is 57.0 Å². The lowest BCUT2D eigenvalue weighted by Crippen LogP contribution is -2.45. The first-order valence-electron chi connectivity index (χ1n) is 18.9. The molecule has 1 unspecified atom stereocenters. The number of anilines is 2. The van der Waals surface area contributed by atoms with Crippen LogP contribution in [0.2, 0.25) is 18.6 Å². The molecule has 8 rings (SSSR count). The average molecular weight is 836 g/mol. The Bertz CT molecular complexity index is 2380. The second-order valence-corrected chi connectivity index (χ2v) is 20.2. The number of aromatic amines is 1. The number of amides is 2. The van der Waals surface area contributed by atoms with E-state index in [4.69, 9.17) is 4.74 Å². The van der Waals surface area contributed by atoms with Gasteiger partial charge >= 0.3 is 0 Å². The maximum Gasteiger partial charge on any atom is 0.264 e. The van der Waals surface area contributed by atoms with Gasteiger partial charge in [0.1, 0.15) is 0 Å². The number of para-hydroxylation sites is 1. The normalized spacial score (nSPS) is 21.2. The Labute approximate surface area is 334 Å². The number of aromatic nitrogens is 4. The van der Waals surface area contributed by atoms with Crippen LogP contribution < -0.4 is 10.2 Å². The summed E-state index contributed by atoms with van der Waals surface area (Å²) in [6.45, 7) is 5.92. The Morgan fingerprint density at radius 2 is 1.82 bits per heavy atom. The summed E-state index contributed by atoms with van der Waals surface area (Å²) in [5.74, 6) is -1.09. The molecule has 0 radical (unpaired) electrons. The van der Waals surface area contributed by atoms with Crippen molar-refractivity contribution in [1.82, 2.24) is 20.0 Å². The van der Waals surface area contributed by atoms with Crippen LogP contribution in [-0.2, 0) is 39.4 Å². The van der Waals surface area contributed by atoms with Crippen LogP contribution in [0, 0.1) is 5.92 Å². The molecule has 2 aliphatic rings. The van der Waals surface area contributed by atoms with E-state index in [0.717, 1.165) is 43.3 Å². The standard InChI is InChI=1S/C43H44BrFN6O4Si/c1-27-41(56(2,3)45)39(19-20-50-25-37(48-49-50)34(26-52)29-9-5-4-6-10-29)55-43(27)35-22-31(44)15-18-38(35)51(42(43)54)24-28-13-16-32(17-14-28)47-40(53)21-30-23-46-36-12-8-7-11-33(30)36/h4-18,22-23,25,27,34,39,41,46,52H,19-21,24,26H2,1-3H3,(H,47,53)/t27-,34?,39+,41-,43+/m0/s1. The van der Waals surface area contributed by atoms with Crippen molar-refractivity contribution >= 4 is 58.4 Å². The van der Waals surface area contributed by atoms with E-state index in [1.807, 2.05) is 116 Å². The molecule has 0 bridgehead atoms. The van der Waals surface area contributed by atoms with Gasteiger partial charge in [0.05, 0.1) is 43.0 Å². The third kappa shape index (κ3) is 7.01. The van der Waals surface area contributed by atoms with E-state index in [2.05, 4.69) is 36.5 Å². The van der Waals surface area contributed by atoms with Crippen molar-refractivity contribution in [3.8, 4) is 0 Å². The summed E-state index contributed by atoms with van der Waals surface area (Å²) in [4.78, 5) is 32.8. The van der Waals surface area contributed by atoms with Crippen LogP contribution in [-0.4, -0.2) is 58.0 Å². The molecule has 1 spiro atoms. The molecule has 5 atom stereocenters. The lowest BCUT2D eigenvalue weighted by Gasteiger charge is -2.31. The van der Waals surface area contributed by atoms with Crippen LogP contribution in [0.1, 0.15) is 47.2 Å². The largest absolute Gasteiger partial charge is 0.395 e. The first kappa shape index (κ1) is 37.9. The highest BCUT2D eigenvalue weighted by atomic mass is 79.9. The van der Waals surface area contributed by atoms with Gasteiger partial charge in [-0.2, -0.15) is 0 Å². The molecular weight excluding hydrogens is 791 g/mol. The van der Waals surface area contributed by atoms with Crippen molar-refractivity contribution in [3.05, 3.63) is 142 Å². The van der Waals surface area contributed by atoms with Gasteiger partial charge in [0.15, 0.2) is 5.60 Å². The zero-order valence-corrected chi connectivity index (χ0v) is 34.0. The molecule has 13 heteroatoms. The van der Waals surface area contributed by atoms with E-state index < -0.39 is 31.6 Å². The van der Waals surface area contributed by atoms with Gasteiger partial charge < -0.3 is 29.2 Å². The topological polar surface area (TPSA) is 125 Å². The van der Waals surface area contributed by atoms with E-state index in [0.29, 0.717) is 24.3 Å². The van der Waals surface area contributed by atoms with Crippen molar-refractivity contribution < 1.29 is 23.5 Å². The molecule has 288 valence electrons. The van der Waals surface area contributed by atoms with Gasteiger partial charge in [0.25, 0.3) is 5.91 Å². The summed E-state index contributed by atoms with van der Waals surface area (Å²) in [7, 11) is -3.38. The number of halogens is 2. The van der Waals surface area contributed by atoms with Crippen molar-refractivity contribution in [3.63, 3.8) is 0 Å². The van der Waals surface area contributed by atoms with Crippen molar-refractivity contribution in [2.24, 2.45) is 5.92 Å². The molecule has 10 nitrogen and oxygen atoms in total. The first-order valence-corrected chi connectivity index (χ1v) is 22.7. The molecule has 0 aliphatic carbocycles. The fraction of sp³-hybridized carbons (Fsp3) is 0.302. The van der Waals surface area contributed by atoms with Gasteiger partial charge in [-0.15, -0.1) is 5.10 Å². The number of nitrogens with one attached hydrogen (secondary N) is 2. The monoisotopic (exact) mass is 834 g/mol. The molecule has 2 aliphatic heterocycles. The molecule has 3 N–H and O–H groups in total. The summed E-state index contributed by atoms with van der Waals surface area (Å²) in [5, 5.41) is 22.9. The Balaban J connectivity index is 1.00. The summed E-state index contributed by atoms with van der Waals surface area (Å²) in [5.41, 5.74) is 4.66. The molecule has 2 amide bonds. The highest BCUT2D eigenvalue weighted by molar-refractivity contribution is 9.10. The molecule has 1 saturated heterocycles. The summed E-state index contributed by atoms with van der Waals surface area (Å²) in [6, 6.07) is 30.8. The maximum absolute atomic E-state index is 16.5. The maximum atomic E-state index is 16.5. The fourth-order valence-corrected chi connectivity index (χ4v) is 11.8. The van der Waals surface area contributed by atoms with E-state index in [-0.39, 0.29) is 37.3 Å². The van der Waals surface area contributed by atoms with Gasteiger partial charge in [-0.05, 0) is 72.6 Å². The predicted molar refractivity (Wildman–Crippen MR) is 220 cm³/mol. The molecule has 1 fully saturated rings. The number of fused-ring (bicyclic) bond motifs is 3. The van der Waals surface area contributed by atoms with Crippen molar-refractivity contribution in [2.45, 2.75) is 69.1 Å². The third-order valence-electron chi connectivity index (χ3n) is 11.5. The van der Waals surface area contributed by atoms with Crippen LogP contribution in [0.4, 0.5) is 15.5 Å².